The summed E-state index contributed by atoms with van der Waals surface area (Å²) in [5, 5.41) is 3.02. The Morgan fingerprint density at radius 2 is 1.90 bits per heavy atom. The molecular formula is C24H28N4O2S. The number of aromatic nitrogens is 2. The SMILES string of the molecule is CCC(C)NC(=O)C1CSCN1C(=O)CCc1nc2ccccc2n1-c1ccccc1. The lowest BCUT2D eigenvalue weighted by molar-refractivity contribution is -0.138. The van der Waals surface area contributed by atoms with E-state index in [1.165, 1.54) is 0 Å². The summed E-state index contributed by atoms with van der Waals surface area (Å²) in [6.07, 6.45) is 1.71. The molecule has 1 aliphatic rings. The fourth-order valence-corrected chi connectivity index (χ4v) is 5.00. The van der Waals surface area contributed by atoms with Gasteiger partial charge in [-0.25, -0.2) is 4.98 Å². The van der Waals surface area contributed by atoms with Crippen molar-refractivity contribution in [3.63, 3.8) is 0 Å². The fourth-order valence-electron chi connectivity index (χ4n) is 3.82. The number of hydrogen-bond acceptors (Lipinski definition) is 4. The molecule has 7 heteroatoms. The van der Waals surface area contributed by atoms with E-state index < -0.39 is 0 Å². The molecule has 6 nitrogen and oxygen atoms in total. The van der Waals surface area contributed by atoms with Crippen LogP contribution in [0.5, 0.6) is 0 Å². The molecule has 0 radical (unpaired) electrons. The molecule has 1 aliphatic heterocycles. The maximum absolute atomic E-state index is 13.0. The predicted octanol–water partition coefficient (Wildman–Crippen LogP) is 3.77. The smallest absolute Gasteiger partial charge is 0.243 e. The Morgan fingerprint density at radius 1 is 1.16 bits per heavy atom. The van der Waals surface area contributed by atoms with Gasteiger partial charge >= 0.3 is 0 Å². The second kappa shape index (κ2) is 9.56. The number of carbonyl (C=O) groups is 2. The summed E-state index contributed by atoms with van der Waals surface area (Å²) < 4.78 is 2.12. The van der Waals surface area contributed by atoms with Gasteiger partial charge in [0.05, 0.1) is 16.9 Å². The number of nitrogens with zero attached hydrogens (tertiary/aromatic N) is 3. The second-order valence-corrected chi connectivity index (χ2v) is 8.88. The number of benzene rings is 2. The van der Waals surface area contributed by atoms with E-state index >= 15 is 0 Å². The van der Waals surface area contributed by atoms with Gasteiger partial charge in [-0.15, -0.1) is 11.8 Å². The molecule has 1 saturated heterocycles. The van der Waals surface area contributed by atoms with Crippen LogP contribution in [0.4, 0.5) is 0 Å². The van der Waals surface area contributed by atoms with Crippen molar-refractivity contribution in [1.82, 2.24) is 19.8 Å². The van der Waals surface area contributed by atoms with Gasteiger partial charge in [-0.2, -0.15) is 0 Å². The highest BCUT2D eigenvalue weighted by molar-refractivity contribution is 7.99. The van der Waals surface area contributed by atoms with Crippen LogP contribution in [0.25, 0.3) is 16.7 Å². The summed E-state index contributed by atoms with van der Waals surface area (Å²) >= 11 is 1.63. The van der Waals surface area contributed by atoms with Crippen LogP contribution in [0.15, 0.2) is 54.6 Å². The van der Waals surface area contributed by atoms with Gasteiger partial charge in [0.2, 0.25) is 11.8 Å². The standard InChI is InChI=1S/C24H28N4O2S/c1-3-17(2)25-24(30)21-15-31-16-27(21)23(29)14-13-22-26-19-11-7-8-12-20(19)28(22)18-9-5-4-6-10-18/h4-12,17,21H,3,13-16H2,1-2H3,(H,25,30). The van der Waals surface area contributed by atoms with E-state index in [0.717, 1.165) is 29.0 Å². The van der Waals surface area contributed by atoms with E-state index in [1.54, 1.807) is 16.7 Å². The quantitative estimate of drug-likeness (QED) is 0.612. The van der Waals surface area contributed by atoms with Gasteiger partial charge in [-0.3, -0.25) is 14.2 Å². The summed E-state index contributed by atoms with van der Waals surface area (Å²) in [6.45, 7) is 4.02. The minimum Gasteiger partial charge on any atom is -0.352 e. The van der Waals surface area contributed by atoms with Crippen LogP contribution in [0, 0.1) is 0 Å². The van der Waals surface area contributed by atoms with E-state index in [0.29, 0.717) is 24.5 Å². The molecule has 0 aliphatic carbocycles. The molecule has 31 heavy (non-hydrogen) atoms. The van der Waals surface area contributed by atoms with E-state index in [9.17, 15) is 9.59 Å². The first-order valence-electron chi connectivity index (χ1n) is 10.8. The lowest BCUT2D eigenvalue weighted by atomic mass is 10.2. The lowest BCUT2D eigenvalue weighted by Crippen LogP contribution is -2.49. The fraction of sp³-hybridized carbons (Fsp3) is 0.375. The number of rotatable bonds is 7. The van der Waals surface area contributed by atoms with Gasteiger partial charge < -0.3 is 10.2 Å². The normalized spacial score (nSPS) is 17.1. The minimum atomic E-state index is -0.389. The molecule has 0 bridgehead atoms. The number of carbonyl (C=O) groups excluding carboxylic acids is 2. The van der Waals surface area contributed by atoms with Crippen molar-refractivity contribution in [3.05, 3.63) is 60.4 Å². The Morgan fingerprint density at radius 3 is 2.68 bits per heavy atom. The number of hydrogen-bond donors (Lipinski definition) is 1. The van der Waals surface area contributed by atoms with Crippen molar-refractivity contribution in [2.75, 3.05) is 11.6 Å². The number of imidazole rings is 1. The van der Waals surface area contributed by atoms with Gasteiger partial charge in [0.25, 0.3) is 0 Å². The second-order valence-electron chi connectivity index (χ2n) is 7.88. The first kappa shape index (κ1) is 21.4. The van der Waals surface area contributed by atoms with E-state index in [1.807, 2.05) is 68.4 Å². The van der Waals surface area contributed by atoms with Gasteiger partial charge in [0, 0.05) is 30.3 Å². The average Bonchev–Trinajstić information content (AvgIpc) is 3.43. The molecule has 4 rings (SSSR count). The van der Waals surface area contributed by atoms with Crippen molar-refractivity contribution in [2.45, 2.75) is 45.2 Å². The predicted molar refractivity (Wildman–Crippen MR) is 125 cm³/mol. The van der Waals surface area contributed by atoms with Crippen LogP contribution < -0.4 is 5.32 Å². The summed E-state index contributed by atoms with van der Waals surface area (Å²) in [5.74, 6) is 2.02. The molecule has 162 valence electrons. The van der Waals surface area contributed by atoms with Gasteiger partial charge in [0.1, 0.15) is 11.9 Å². The minimum absolute atomic E-state index is 0.000898. The molecule has 2 atom stereocenters. The van der Waals surface area contributed by atoms with Crippen LogP contribution in [0.1, 0.15) is 32.5 Å². The zero-order chi connectivity index (χ0) is 21.8. The summed E-state index contributed by atoms with van der Waals surface area (Å²) in [5.41, 5.74) is 2.97. The first-order valence-corrected chi connectivity index (χ1v) is 11.9. The lowest BCUT2D eigenvalue weighted by Gasteiger charge is -2.24. The van der Waals surface area contributed by atoms with Crippen LogP contribution in [0.3, 0.4) is 0 Å². The highest BCUT2D eigenvalue weighted by Crippen LogP contribution is 2.25. The molecule has 2 unspecified atom stereocenters. The van der Waals surface area contributed by atoms with E-state index in [2.05, 4.69) is 9.88 Å². The van der Waals surface area contributed by atoms with Crippen LogP contribution >= 0.6 is 11.8 Å². The molecule has 1 N–H and O–H groups in total. The highest BCUT2D eigenvalue weighted by atomic mass is 32.2. The molecule has 2 heterocycles. The Labute approximate surface area is 187 Å². The maximum atomic E-state index is 13.0. The van der Waals surface area contributed by atoms with Crippen molar-refractivity contribution in [3.8, 4) is 5.69 Å². The third-order valence-electron chi connectivity index (χ3n) is 5.71. The molecule has 0 spiro atoms. The third-order valence-corrected chi connectivity index (χ3v) is 6.73. The van der Waals surface area contributed by atoms with Gasteiger partial charge in [-0.05, 0) is 37.6 Å². The molecule has 3 aromatic rings. The Hall–Kier alpha value is -2.80. The summed E-state index contributed by atoms with van der Waals surface area (Å²) in [6, 6.07) is 17.8. The van der Waals surface area contributed by atoms with Crippen molar-refractivity contribution in [1.29, 1.82) is 0 Å². The molecular weight excluding hydrogens is 408 g/mol. The van der Waals surface area contributed by atoms with Crippen LogP contribution in [0.2, 0.25) is 0 Å². The summed E-state index contributed by atoms with van der Waals surface area (Å²) in [4.78, 5) is 32.2. The number of fused-ring (bicyclic) bond motifs is 1. The van der Waals surface area contributed by atoms with Crippen LogP contribution in [-0.2, 0) is 16.0 Å². The third kappa shape index (κ3) is 4.61. The topological polar surface area (TPSA) is 67.2 Å². The van der Waals surface area contributed by atoms with Crippen LogP contribution in [-0.4, -0.2) is 50.0 Å². The largest absolute Gasteiger partial charge is 0.352 e. The number of thioether (sulfide) groups is 1. The number of aryl methyl sites for hydroxylation is 1. The van der Waals surface area contributed by atoms with E-state index in [4.69, 9.17) is 4.98 Å². The number of nitrogens with one attached hydrogen (secondary N) is 1. The van der Waals surface area contributed by atoms with Crippen molar-refractivity contribution in [2.24, 2.45) is 0 Å². The monoisotopic (exact) mass is 436 g/mol. The van der Waals surface area contributed by atoms with E-state index in [-0.39, 0.29) is 23.9 Å². The maximum Gasteiger partial charge on any atom is 0.243 e. The Kier molecular flexibility index (Phi) is 6.61. The molecule has 1 aromatic heterocycles. The molecule has 2 aromatic carbocycles. The Balaban J connectivity index is 1.51. The molecule has 1 fully saturated rings. The van der Waals surface area contributed by atoms with Crippen molar-refractivity contribution < 1.29 is 9.59 Å². The van der Waals surface area contributed by atoms with Crippen molar-refractivity contribution >= 4 is 34.6 Å². The molecule has 0 saturated carbocycles. The van der Waals surface area contributed by atoms with Gasteiger partial charge in [-0.1, -0.05) is 37.3 Å². The van der Waals surface area contributed by atoms with Gasteiger partial charge in [0.15, 0.2) is 0 Å². The number of amides is 2. The number of para-hydroxylation sites is 3. The zero-order valence-corrected chi connectivity index (χ0v) is 18.8. The Bertz CT molecular complexity index is 1070. The summed E-state index contributed by atoms with van der Waals surface area (Å²) in [7, 11) is 0. The zero-order valence-electron chi connectivity index (χ0n) is 18.0. The average molecular weight is 437 g/mol. The highest BCUT2D eigenvalue weighted by Gasteiger charge is 2.34. The first-order chi connectivity index (χ1) is 15.1. The molecule has 2 amide bonds.